The zero-order chi connectivity index (χ0) is 50.0. The number of ether oxygens (including phenoxy) is 5. The van der Waals surface area contributed by atoms with Gasteiger partial charge in [0, 0.05) is 92.7 Å². The van der Waals surface area contributed by atoms with E-state index in [0.717, 1.165) is 31.1 Å². The van der Waals surface area contributed by atoms with Crippen molar-refractivity contribution in [3.8, 4) is 44.7 Å². The van der Waals surface area contributed by atoms with Crippen molar-refractivity contribution in [1.82, 2.24) is 29.7 Å². The lowest BCUT2D eigenvalue weighted by molar-refractivity contribution is -0.170. The van der Waals surface area contributed by atoms with E-state index < -0.39 is 40.9 Å². The number of piperazine rings is 1. The quantitative estimate of drug-likeness (QED) is 0.135. The van der Waals surface area contributed by atoms with Crippen molar-refractivity contribution in [2.75, 3.05) is 64.4 Å². The largest absolute Gasteiger partial charge is 0.490 e. The lowest BCUT2D eigenvalue weighted by atomic mass is 9.61. The highest BCUT2D eigenvalue weighted by Gasteiger charge is 2.62. The van der Waals surface area contributed by atoms with Gasteiger partial charge in [0.25, 0.3) is 0 Å². The number of carbonyl (C=O) groups excluding carboxylic acids is 1. The number of thiophene rings is 1. The Morgan fingerprint density at radius 2 is 1.65 bits per heavy atom. The maximum Gasteiger partial charge on any atom is 0.348 e. The van der Waals surface area contributed by atoms with Gasteiger partial charge in [-0.05, 0) is 100 Å². The average molecular weight is 1030 g/mol. The van der Waals surface area contributed by atoms with Gasteiger partial charge in [-0.3, -0.25) is 4.90 Å². The maximum absolute atomic E-state index is 14.5. The smallest absolute Gasteiger partial charge is 0.348 e. The highest BCUT2D eigenvalue weighted by atomic mass is 35.5. The van der Waals surface area contributed by atoms with Crippen LogP contribution < -0.4 is 23.8 Å². The van der Waals surface area contributed by atoms with E-state index in [-0.39, 0.29) is 38.4 Å². The number of alkyl halides is 2. The number of benzene rings is 3. The molecule has 3 fully saturated rings. The normalized spacial score (nSPS) is 20.1. The fraction of sp³-hybridized carbons (Fsp3) is 0.442. The van der Waals surface area contributed by atoms with E-state index >= 15 is 0 Å². The van der Waals surface area contributed by atoms with Crippen molar-refractivity contribution < 1.29 is 41.7 Å². The van der Waals surface area contributed by atoms with E-state index in [2.05, 4.69) is 26.8 Å². The second-order valence-electron chi connectivity index (χ2n) is 20.2. The molecule has 6 aromatic rings. The van der Waals surface area contributed by atoms with Crippen LogP contribution in [0.2, 0.25) is 10.0 Å². The molecule has 5 aliphatic rings. The number of rotatable bonds is 8. The van der Waals surface area contributed by atoms with Crippen LogP contribution in [0, 0.1) is 25.1 Å². The van der Waals surface area contributed by atoms with Crippen LogP contribution in [0.1, 0.15) is 56.0 Å². The number of hydrogen-bond donors (Lipinski definition) is 0. The van der Waals surface area contributed by atoms with Crippen LogP contribution in [-0.2, 0) is 22.6 Å². The van der Waals surface area contributed by atoms with Crippen LogP contribution in [0.4, 0.5) is 19.1 Å². The number of halogens is 5. The third-order valence-corrected chi connectivity index (χ3v) is 15.5. The summed E-state index contributed by atoms with van der Waals surface area (Å²) in [6.07, 6.45) is 0.859. The molecule has 4 bridgehead atoms. The molecule has 0 unspecified atom stereocenters. The highest BCUT2D eigenvalue weighted by molar-refractivity contribution is 7.22. The first kappa shape index (κ1) is 49.1. The number of anilines is 1. The van der Waals surface area contributed by atoms with Crippen LogP contribution in [0.5, 0.6) is 23.1 Å². The molecule has 374 valence electrons. The summed E-state index contributed by atoms with van der Waals surface area (Å²) < 4.78 is 74.9. The van der Waals surface area contributed by atoms with Crippen molar-refractivity contribution in [2.45, 2.75) is 84.2 Å². The number of fused-ring (bicyclic) bond motifs is 7. The van der Waals surface area contributed by atoms with Crippen molar-refractivity contribution in [3.63, 3.8) is 0 Å². The number of likely N-dealkylation sites (N-methyl/N-ethyl adjacent to an activating group) is 1. The van der Waals surface area contributed by atoms with E-state index in [1.54, 1.807) is 63.4 Å². The Morgan fingerprint density at radius 1 is 0.930 bits per heavy atom. The highest BCUT2D eigenvalue weighted by Crippen LogP contribution is 2.57. The van der Waals surface area contributed by atoms with E-state index in [9.17, 15) is 18.0 Å². The van der Waals surface area contributed by atoms with Gasteiger partial charge in [0.15, 0.2) is 5.75 Å². The third kappa shape index (κ3) is 10.3. The third-order valence-electron chi connectivity index (χ3n) is 13.4. The van der Waals surface area contributed by atoms with Crippen LogP contribution >= 0.6 is 34.5 Å². The average Bonchev–Trinajstić information content (AvgIpc) is 3.69. The van der Waals surface area contributed by atoms with Gasteiger partial charge in [0.1, 0.15) is 53.4 Å². The first-order valence-corrected chi connectivity index (χ1v) is 25.2. The predicted molar refractivity (Wildman–Crippen MR) is 267 cm³/mol. The lowest BCUT2D eigenvalue weighted by Gasteiger charge is -2.58. The molecule has 11 rings (SSSR count). The summed E-state index contributed by atoms with van der Waals surface area (Å²) >= 11 is 16.1. The van der Waals surface area contributed by atoms with Gasteiger partial charge in [-0.25, -0.2) is 37.9 Å². The number of hydrogen-bond acceptors (Lipinski definition) is 14. The van der Waals surface area contributed by atoms with Crippen LogP contribution in [0.15, 0.2) is 61.1 Å². The van der Waals surface area contributed by atoms with Crippen LogP contribution in [0.3, 0.4) is 0 Å². The molecular weight excluding hydrogens is 979 g/mol. The Balaban J connectivity index is 1.08. The molecule has 7 heterocycles. The molecule has 3 aromatic carbocycles. The summed E-state index contributed by atoms with van der Waals surface area (Å²) in [6.45, 7) is 14.1. The van der Waals surface area contributed by atoms with Crippen LogP contribution in [-0.4, -0.2) is 119 Å². The monoisotopic (exact) mass is 1030 g/mol. The van der Waals surface area contributed by atoms with Crippen LogP contribution in [0.25, 0.3) is 31.8 Å². The predicted octanol–water partition coefficient (Wildman–Crippen LogP) is 10.4. The molecule has 2 atom stereocenters. The minimum Gasteiger partial charge on any atom is -0.490 e. The Hall–Kier alpha value is -5.46. The SMILES string of the molecule is Cc1c(Cl)c2c(Cl)c(C)c1-c1c(-c3ccc(F)cc3)sc3ncnc(c13)O[C@@H](C(=O)OC(C)(C)C)Cc1cc(ccc1OCc1ccnc(N3CC4(C3)CC(F)(F)C4)n1)OC[C@@H](CN1CCN(C)CC1)O2. The van der Waals surface area contributed by atoms with Crippen molar-refractivity contribution in [2.24, 2.45) is 5.41 Å². The second-order valence-corrected chi connectivity index (χ2v) is 22.0. The fourth-order valence-corrected chi connectivity index (χ4v) is 11.7. The molecule has 0 N–H and O–H groups in total. The van der Waals surface area contributed by atoms with Gasteiger partial charge in [0.05, 0.1) is 21.1 Å². The summed E-state index contributed by atoms with van der Waals surface area (Å²) in [6, 6.07) is 13.3. The molecule has 4 aliphatic heterocycles. The Kier molecular flexibility index (Phi) is 13.3. The minimum absolute atomic E-state index is 0.0209. The minimum atomic E-state index is -2.61. The molecule has 71 heavy (non-hydrogen) atoms. The molecule has 3 aromatic heterocycles. The molecule has 1 saturated carbocycles. The topological polar surface area (TPSA) is 124 Å². The molecule has 1 aliphatic carbocycles. The molecule has 1 spiro atoms. The van der Waals surface area contributed by atoms with Gasteiger partial charge >= 0.3 is 5.97 Å². The molecule has 19 heteroatoms. The van der Waals surface area contributed by atoms with Gasteiger partial charge < -0.3 is 33.5 Å². The standard InChI is InChI=1S/C52H54Cl2F3N7O6S/c1-29-39-30(2)43(54)44(42(29)53)68-36(21-63-17-15-62(6)16-18-63)23-66-35-11-12-37(67-22-34-13-14-58-49(61-34)64-26-51(27-64)24-52(56,57)25-51)32(19-35)20-38(48(65)70-50(3,4)5)69-46-41-40(39)45(71-47(41)60-28-59-46)31-7-9-33(55)10-8-31/h7-14,19,28,36,38H,15-18,20-27H2,1-6H3/t36-,38-/m1/s1. The summed E-state index contributed by atoms with van der Waals surface area (Å²) in [5, 5.41) is 1.09. The van der Waals surface area contributed by atoms with Crippen molar-refractivity contribution >= 4 is 56.7 Å². The Labute approximate surface area is 424 Å². The van der Waals surface area contributed by atoms with Gasteiger partial charge in [0.2, 0.25) is 23.9 Å². The molecular formula is C52H54Cl2F3N7O6S. The molecule has 13 nitrogen and oxygen atoms in total. The summed E-state index contributed by atoms with van der Waals surface area (Å²) in [5.41, 5.74) is 3.16. The first-order chi connectivity index (χ1) is 33.8. The van der Waals surface area contributed by atoms with Crippen molar-refractivity contribution in [3.05, 3.63) is 99.3 Å². The lowest BCUT2D eigenvalue weighted by Crippen LogP contribution is -2.66. The van der Waals surface area contributed by atoms with E-state index in [1.165, 1.54) is 29.8 Å². The maximum atomic E-state index is 14.5. The summed E-state index contributed by atoms with van der Waals surface area (Å²) in [5.74, 6) is -1.92. The number of nitrogens with zero attached hydrogens (tertiary/aromatic N) is 7. The van der Waals surface area contributed by atoms with Crippen molar-refractivity contribution in [1.29, 1.82) is 0 Å². The first-order valence-electron chi connectivity index (χ1n) is 23.6. The molecule has 2 saturated heterocycles. The van der Waals surface area contributed by atoms with Gasteiger partial charge in [-0.1, -0.05) is 35.3 Å². The number of carbonyl (C=O) groups is 1. The van der Waals surface area contributed by atoms with Gasteiger partial charge in [-0.2, -0.15) is 0 Å². The fourth-order valence-electron chi connectivity index (χ4n) is 10.0. The zero-order valence-electron chi connectivity index (χ0n) is 40.3. The molecule has 0 amide bonds. The Bertz CT molecular complexity index is 2960. The van der Waals surface area contributed by atoms with E-state index in [1.807, 2.05) is 18.7 Å². The number of aromatic nitrogens is 4. The Morgan fingerprint density at radius 3 is 2.34 bits per heavy atom. The van der Waals surface area contributed by atoms with E-state index in [0.29, 0.717) is 102 Å². The van der Waals surface area contributed by atoms with E-state index in [4.69, 9.17) is 56.9 Å². The second kappa shape index (κ2) is 19.2. The van der Waals surface area contributed by atoms with Gasteiger partial charge in [-0.15, -0.1) is 11.3 Å². The molecule has 0 radical (unpaired) electrons. The zero-order valence-corrected chi connectivity index (χ0v) is 42.6. The summed E-state index contributed by atoms with van der Waals surface area (Å²) in [7, 11) is 2.10. The summed E-state index contributed by atoms with van der Waals surface area (Å²) in [4.78, 5) is 40.9. The number of esters is 1.